The van der Waals surface area contributed by atoms with E-state index in [-0.39, 0.29) is 38.3 Å². The van der Waals surface area contributed by atoms with Crippen molar-refractivity contribution in [2.75, 3.05) is 40.4 Å². The Morgan fingerprint density at radius 1 is 0.673 bits per heavy atom. The highest BCUT2D eigenvalue weighted by Crippen LogP contribution is 2.60. The zero-order valence-corrected chi connectivity index (χ0v) is 34.6. The van der Waals surface area contributed by atoms with Crippen LogP contribution in [0.25, 0.3) is 0 Å². The van der Waals surface area contributed by atoms with E-state index in [9.17, 15) is 10.5 Å². The number of piperidine rings is 2. The first-order valence-electron chi connectivity index (χ1n) is 19.9. The summed E-state index contributed by atoms with van der Waals surface area (Å²) in [6, 6.07) is 4.19. The van der Waals surface area contributed by atoms with Crippen molar-refractivity contribution in [2.24, 2.45) is 21.7 Å². The third-order valence-corrected chi connectivity index (χ3v) is 13.5. The van der Waals surface area contributed by atoms with Crippen LogP contribution in [0.15, 0.2) is 129 Å². The molecule has 2 unspecified atom stereocenters. The van der Waals surface area contributed by atoms with Gasteiger partial charge in [0.1, 0.15) is 40.7 Å². The Hall–Kier alpha value is -4.56. The van der Waals surface area contributed by atoms with Crippen molar-refractivity contribution in [3.05, 3.63) is 129 Å². The Bertz CT molecular complexity index is 1960. The van der Waals surface area contributed by atoms with Crippen molar-refractivity contribution in [3.8, 4) is 12.1 Å². The van der Waals surface area contributed by atoms with Gasteiger partial charge in [-0.3, -0.25) is 9.80 Å². The van der Waals surface area contributed by atoms with E-state index < -0.39 is 0 Å². The van der Waals surface area contributed by atoms with E-state index in [1.807, 2.05) is 12.2 Å². The average Bonchev–Trinajstić information content (AvgIpc) is 3.12. The number of nitrogens with zero attached hydrogens (tertiary/aromatic N) is 4. The van der Waals surface area contributed by atoms with Gasteiger partial charge in [-0.1, -0.05) is 104 Å². The molecule has 7 aliphatic rings. The lowest BCUT2D eigenvalue weighted by molar-refractivity contribution is -0.0410. The molecule has 288 valence electrons. The van der Waals surface area contributed by atoms with Crippen molar-refractivity contribution in [1.82, 2.24) is 9.80 Å². The second-order valence-electron chi connectivity index (χ2n) is 18.8. The second-order valence-corrected chi connectivity index (χ2v) is 18.8. The first-order valence-corrected chi connectivity index (χ1v) is 19.9. The molecule has 0 bridgehead atoms. The summed E-state index contributed by atoms with van der Waals surface area (Å²) < 4.78 is 19.2. The monoisotopic (exact) mass is 738 g/mol. The normalized spacial score (nSPS) is 30.4. The van der Waals surface area contributed by atoms with Gasteiger partial charge in [-0.15, -0.1) is 0 Å². The van der Waals surface area contributed by atoms with E-state index in [1.54, 1.807) is 26.4 Å². The van der Waals surface area contributed by atoms with Crippen molar-refractivity contribution in [1.29, 1.82) is 10.5 Å². The molecule has 0 N–H and O–H groups in total. The van der Waals surface area contributed by atoms with Gasteiger partial charge in [-0.05, 0) is 85.1 Å². The van der Waals surface area contributed by atoms with E-state index in [4.69, 9.17) is 14.2 Å². The molecule has 0 aromatic carbocycles. The summed E-state index contributed by atoms with van der Waals surface area (Å²) in [5.41, 5.74) is 4.09. The fraction of sp³-hybridized carbons (Fsp3) is 0.500. The highest BCUT2D eigenvalue weighted by molar-refractivity contribution is 5.63. The lowest BCUT2D eigenvalue weighted by atomic mass is 9.56. The van der Waals surface area contributed by atoms with E-state index in [0.717, 1.165) is 74.5 Å². The molecule has 2 aliphatic carbocycles. The van der Waals surface area contributed by atoms with Crippen LogP contribution in [0.5, 0.6) is 0 Å². The van der Waals surface area contributed by atoms with Crippen molar-refractivity contribution < 1.29 is 14.2 Å². The molecule has 2 atom stereocenters. The van der Waals surface area contributed by atoms with Gasteiger partial charge in [-0.25, -0.2) is 0 Å². The fourth-order valence-corrected chi connectivity index (χ4v) is 11.2. The van der Waals surface area contributed by atoms with Crippen LogP contribution >= 0.6 is 0 Å². The van der Waals surface area contributed by atoms with Crippen LogP contribution in [0, 0.1) is 44.3 Å². The Morgan fingerprint density at radius 2 is 1.09 bits per heavy atom. The summed E-state index contributed by atoms with van der Waals surface area (Å²) in [4.78, 5) is 5.32. The maximum absolute atomic E-state index is 9.96. The molecular formula is C48H58N4O3. The average molecular weight is 739 g/mol. The molecule has 2 spiro atoms. The van der Waals surface area contributed by atoms with Crippen LogP contribution in [-0.4, -0.2) is 61.3 Å². The molecule has 2 fully saturated rings. The third kappa shape index (κ3) is 5.89. The van der Waals surface area contributed by atoms with Crippen molar-refractivity contribution in [3.63, 3.8) is 0 Å². The minimum atomic E-state index is -0.304. The van der Waals surface area contributed by atoms with Crippen LogP contribution in [0.1, 0.15) is 81.1 Å². The molecule has 2 saturated heterocycles. The zero-order chi connectivity index (χ0) is 39.6. The number of hydrogen-bond donors (Lipinski definition) is 0. The Balaban J connectivity index is 1.27. The van der Waals surface area contributed by atoms with Crippen LogP contribution in [0.4, 0.5) is 0 Å². The Morgan fingerprint density at radius 3 is 1.47 bits per heavy atom. The zero-order valence-electron chi connectivity index (χ0n) is 34.6. The molecule has 0 radical (unpaired) electrons. The van der Waals surface area contributed by atoms with E-state index in [1.165, 1.54) is 11.1 Å². The first kappa shape index (κ1) is 38.7. The van der Waals surface area contributed by atoms with E-state index in [2.05, 4.69) is 126 Å². The van der Waals surface area contributed by atoms with Gasteiger partial charge in [0, 0.05) is 40.6 Å². The van der Waals surface area contributed by atoms with E-state index >= 15 is 0 Å². The summed E-state index contributed by atoms with van der Waals surface area (Å²) in [5, 5.41) is 19.9. The lowest BCUT2D eigenvalue weighted by Gasteiger charge is -2.62. The van der Waals surface area contributed by atoms with Gasteiger partial charge in [0.05, 0.1) is 25.3 Å². The van der Waals surface area contributed by atoms with Gasteiger partial charge in [0.25, 0.3) is 0 Å². The molecule has 0 aromatic rings. The fourth-order valence-electron chi connectivity index (χ4n) is 11.2. The van der Waals surface area contributed by atoms with Crippen LogP contribution in [0.3, 0.4) is 0 Å². The molecule has 55 heavy (non-hydrogen) atoms. The summed E-state index contributed by atoms with van der Waals surface area (Å²) in [5.74, 6) is 3.12. The second kappa shape index (κ2) is 13.6. The third-order valence-electron chi connectivity index (χ3n) is 13.5. The van der Waals surface area contributed by atoms with Crippen LogP contribution in [0.2, 0.25) is 0 Å². The van der Waals surface area contributed by atoms with Gasteiger partial charge in [0.2, 0.25) is 0 Å². The summed E-state index contributed by atoms with van der Waals surface area (Å²) in [7, 11) is 3.60. The maximum Gasteiger partial charge on any atom is 0.137 e. The highest BCUT2D eigenvalue weighted by atomic mass is 16.5. The molecule has 0 saturated carbocycles. The highest BCUT2D eigenvalue weighted by Gasteiger charge is 2.60. The van der Waals surface area contributed by atoms with Crippen LogP contribution < -0.4 is 0 Å². The molecule has 0 amide bonds. The standard InChI is InChI=1S/C48H58N4O3/c1-43(2)31-51-25-13-21-45(5,6)47(51)23-11-15-33(39(47)41(43)53-9)17-19-37-27-35(36(29-49)30-50)28-38(55-37)20-18-34-16-12-24-48-40(34)42(54-10)44(3,4)32-52(48)26-14-22-46(48,7)8/h11-12,15-20,23-24,27-28H,13-14,21-22,25-26,31-32H2,1-10H3/b19-17+,20-18+. The summed E-state index contributed by atoms with van der Waals surface area (Å²) in [6.45, 7) is 22.5. The number of methoxy groups -OCH3 is 2. The molecule has 7 heteroatoms. The maximum atomic E-state index is 9.96. The molecule has 5 heterocycles. The molecule has 7 nitrogen and oxygen atoms in total. The molecular weight excluding hydrogens is 681 g/mol. The summed E-state index contributed by atoms with van der Waals surface area (Å²) in [6.07, 6.45) is 29.7. The minimum Gasteiger partial charge on any atom is -0.500 e. The molecule has 0 aromatic heterocycles. The smallest absolute Gasteiger partial charge is 0.137 e. The van der Waals surface area contributed by atoms with Gasteiger partial charge < -0.3 is 14.2 Å². The van der Waals surface area contributed by atoms with Crippen LogP contribution in [-0.2, 0) is 14.2 Å². The van der Waals surface area contributed by atoms with Gasteiger partial charge in [0.15, 0.2) is 0 Å². The first-order chi connectivity index (χ1) is 26.0. The molecule has 5 aliphatic heterocycles. The van der Waals surface area contributed by atoms with Crippen molar-refractivity contribution >= 4 is 0 Å². The number of hydrogen-bond acceptors (Lipinski definition) is 7. The Kier molecular flexibility index (Phi) is 9.55. The van der Waals surface area contributed by atoms with Gasteiger partial charge >= 0.3 is 0 Å². The Labute approximate surface area is 329 Å². The number of rotatable bonds is 6. The minimum absolute atomic E-state index is 0.0203. The number of allylic oxidation sites excluding steroid dienone is 12. The SMILES string of the molecule is COC1=C2C(/C=C/C3=CC(=C(C#N)C#N)C=C(/C=C/C4=CC=CC56C4=C(OC)C(C)(C)CN5CCCC6(C)C)O3)=CC=CC23N(CCCC3(C)C)CC1(C)C. The molecule has 7 rings (SSSR count). The lowest BCUT2D eigenvalue weighted by Crippen LogP contribution is -2.66. The van der Waals surface area contributed by atoms with Gasteiger partial charge in [-0.2, -0.15) is 10.5 Å². The van der Waals surface area contributed by atoms with E-state index in [0.29, 0.717) is 17.1 Å². The summed E-state index contributed by atoms with van der Waals surface area (Å²) >= 11 is 0. The number of ether oxygens (including phenoxy) is 3. The predicted octanol–water partition coefficient (Wildman–Crippen LogP) is 9.84. The predicted molar refractivity (Wildman–Crippen MR) is 218 cm³/mol. The quantitative estimate of drug-likeness (QED) is 0.251. The van der Waals surface area contributed by atoms with Crippen molar-refractivity contribution in [2.45, 2.75) is 92.2 Å². The topological polar surface area (TPSA) is 81.7 Å². The number of nitriles is 2. The largest absolute Gasteiger partial charge is 0.500 e.